The minimum absolute atomic E-state index is 0.751. The van der Waals surface area contributed by atoms with Gasteiger partial charge in [0.2, 0.25) is 0 Å². The van der Waals surface area contributed by atoms with E-state index < -0.39 is 0 Å². The third-order valence-electron chi connectivity index (χ3n) is 4.66. The standard InChI is InChI=1S/C18H29N/c1-4-11-19(12-10-15(3)5-2)18-13-16-8-6-7-9-17(16)14-18/h6-9,15,18H,4-5,10-14H2,1-3H3. The van der Waals surface area contributed by atoms with Gasteiger partial charge in [0.05, 0.1) is 0 Å². The molecular weight excluding hydrogens is 230 g/mol. The maximum atomic E-state index is 2.74. The molecule has 19 heavy (non-hydrogen) atoms. The molecule has 106 valence electrons. The second-order valence-corrected chi connectivity index (χ2v) is 6.17. The van der Waals surface area contributed by atoms with Gasteiger partial charge in [-0.25, -0.2) is 0 Å². The second-order valence-electron chi connectivity index (χ2n) is 6.17. The highest BCUT2D eigenvalue weighted by Gasteiger charge is 2.25. The molecule has 1 aromatic carbocycles. The molecule has 0 heterocycles. The summed E-state index contributed by atoms with van der Waals surface area (Å²) >= 11 is 0. The molecule has 0 aromatic heterocycles. The maximum absolute atomic E-state index is 2.74. The number of nitrogens with zero attached hydrogens (tertiary/aromatic N) is 1. The van der Waals surface area contributed by atoms with Gasteiger partial charge in [-0.15, -0.1) is 0 Å². The molecule has 0 radical (unpaired) electrons. The van der Waals surface area contributed by atoms with Crippen molar-refractivity contribution in [3.63, 3.8) is 0 Å². The fourth-order valence-electron chi connectivity index (χ4n) is 3.15. The van der Waals surface area contributed by atoms with Gasteiger partial charge < -0.3 is 0 Å². The Morgan fingerprint density at radius 1 is 1.11 bits per heavy atom. The molecule has 0 aliphatic heterocycles. The average Bonchev–Trinajstić information content (AvgIpc) is 2.86. The van der Waals surface area contributed by atoms with Crippen LogP contribution in [0.4, 0.5) is 0 Å². The van der Waals surface area contributed by atoms with Crippen LogP contribution < -0.4 is 0 Å². The molecule has 0 saturated heterocycles. The van der Waals surface area contributed by atoms with Gasteiger partial charge in [0.25, 0.3) is 0 Å². The van der Waals surface area contributed by atoms with Crippen molar-refractivity contribution in [2.75, 3.05) is 13.1 Å². The van der Waals surface area contributed by atoms with E-state index in [2.05, 4.69) is 49.9 Å². The summed E-state index contributed by atoms with van der Waals surface area (Å²) in [5.74, 6) is 0.864. The smallest absolute Gasteiger partial charge is 0.0176 e. The summed E-state index contributed by atoms with van der Waals surface area (Å²) in [6, 6.07) is 9.75. The van der Waals surface area contributed by atoms with E-state index in [4.69, 9.17) is 0 Å². The van der Waals surface area contributed by atoms with Crippen molar-refractivity contribution in [2.45, 2.75) is 58.9 Å². The number of benzene rings is 1. The molecule has 1 aromatic rings. The third kappa shape index (κ3) is 3.82. The predicted octanol–water partition coefficient (Wildman–Crippen LogP) is 4.30. The van der Waals surface area contributed by atoms with E-state index in [1.165, 1.54) is 45.2 Å². The molecule has 1 aliphatic carbocycles. The van der Waals surface area contributed by atoms with Crippen LogP contribution in [-0.2, 0) is 12.8 Å². The van der Waals surface area contributed by atoms with Gasteiger partial charge in [0.1, 0.15) is 0 Å². The van der Waals surface area contributed by atoms with Crippen molar-refractivity contribution in [2.24, 2.45) is 5.92 Å². The Kier molecular flexibility index (Phi) is 5.45. The monoisotopic (exact) mass is 259 g/mol. The van der Waals surface area contributed by atoms with Gasteiger partial charge in [0.15, 0.2) is 0 Å². The molecule has 0 saturated carbocycles. The molecule has 1 nitrogen and oxygen atoms in total. The van der Waals surface area contributed by atoms with Crippen LogP contribution in [-0.4, -0.2) is 24.0 Å². The fraction of sp³-hybridized carbons (Fsp3) is 0.667. The van der Waals surface area contributed by atoms with Crippen LogP contribution in [0.1, 0.15) is 51.2 Å². The molecule has 2 rings (SSSR count). The second kappa shape index (κ2) is 7.09. The van der Waals surface area contributed by atoms with Crippen molar-refractivity contribution in [1.29, 1.82) is 0 Å². The fourth-order valence-corrected chi connectivity index (χ4v) is 3.15. The Balaban J connectivity index is 1.94. The van der Waals surface area contributed by atoms with Crippen molar-refractivity contribution < 1.29 is 0 Å². The van der Waals surface area contributed by atoms with Gasteiger partial charge in [0, 0.05) is 6.04 Å². The van der Waals surface area contributed by atoms with Crippen molar-refractivity contribution in [3.05, 3.63) is 35.4 Å². The first-order chi connectivity index (χ1) is 9.24. The number of rotatable bonds is 7. The summed E-state index contributed by atoms with van der Waals surface area (Å²) in [6.45, 7) is 9.53. The van der Waals surface area contributed by atoms with Crippen LogP contribution in [0, 0.1) is 5.92 Å². The van der Waals surface area contributed by atoms with Crippen LogP contribution in [0.3, 0.4) is 0 Å². The van der Waals surface area contributed by atoms with E-state index in [0.29, 0.717) is 0 Å². The van der Waals surface area contributed by atoms with Crippen LogP contribution in [0.15, 0.2) is 24.3 Å². The molecule has 0 bridgehead atoms. The van der Waals surface area contributed by atoms with Gasteiger partial charge in [-0.3, -0.25) is 4.90 Å². The quantitative estimate of drug-likeness (QED) is 0.705. The van der Waals surface area contributed by atoms with Crippen LogP contribution >= 0.6 is 0 Å². The summed E-state index contributed by atoms with van der Waals surface area (Å²) in [7, 11) is 0. The largest absolute Gasteiger partial charge is 0.300 e. The molecule has 0 N–H and O–H groups in total. The Bertz CT molecular complexity index is 360. The van der Waals surface area contributed by atoms with Crippen molar-refractivity contribution in [1.82, 2.24) is 4.90 Å². The highest BCUT2D eigenvalue weighted by molar-refractivity contribution is 5.33. The topological polar surface area (TPSA) is 3.24 Å². The molecule has 1 heteroatoms. The molecule has 0 spiro atoms. The van der Waals surface area contributed by atoms with Crippen LogP contribution in [0.25, 0.3) is 0 Å². The molecular formula is C18H29N. The zero-order valence-electron chi connectivity index (χ0n) is 12.9. The zero-order chi connectivity index (χ0) is 13.7. The Morgan fingerprint density at radius 2 is 1.74 bits per heavy atom. The summed E-state index contributed by atoms with van der Waals surface area (Å²) in [4.78, 5) is 2.74. The lowest BCUT2D eigenvalue weighted by Crippen LogP contribution is -2.37. The Hall–Kier alpha value is -0.820. The van der Waals surface area contributed by atoms with Crippen LogP contribution in [0.2, 0.25) is 0 Å². The normalized spacial score (nSPS) is 16.8. The highest BCUT2D eigenvalue weighted by Crippen LogP contribution is 2.26. The molecule has 1 aliphatic rings. The summed E-state index contributed by atoms with van der Waals surface area (Å²) in [5.41, 5.74) is 3.16. The lowest BCUT2D eigenvalue weighted by Gasteiger charge is -2.29. The van der Waals surface area contributed by atoms with Crippen LogP contribution in [0.5, 0.6) is 0 Å². The number of hydrogen-bond donors (Lipinski definition) is 0. The zero-order valence-corrected chi connectivity index (χ0v) is 12.9. The van der Waals surface area contributed by atoms with E-state index in [9.17, 15) is 0 Å². The highest BCUT2D eigenvalue weighted by atomic mass is 15.2. The first kappa shape index (κ1) is 14.6. The Labute approximate surface area is 119 Å². The minimum Gasteiger partial charge on any atom is -0.300 e. The van der Waals surface area contributed by atoms with Gasteiger partial charge in [-0.1, -0.05) is 51.5 Å². The molecule has 0 amide bonds. The van der Waals surface area contributed by atoms with Crippen molar-refractivity contribution in [3.8, 4) is 0 Å². The van der Waals surface area contributed by atoms with Gasteiger partial charge in [-0.2, -0.15) is 0 Å². The Morgan fingerprint density at radius 3 is 2.26 bits per heavy atom. The minimum atomic E-state index is 0.751. The predicted molar refractivity (Wildman–Crippen MR) is 83.6 cm³/mol. The van der Waals surface area contributed by atoms with Gasteiger partial charge >= 0.3 is 0 Å². The SMILES string of the molecule is CCCN(CCC(C)CC)C1Cc2ccccc2C1. The van der Waals surface area contributed by atoms with E-state index >= 15 is 0 Å². The third-order valence-corrected chi connectivity index (χ3v) is 4.66. The molecule has 1 unspecified atom stereocenters. The summed E-state index contributed by atoms with van der Waals surface area (Å²) < 4.78 is 0. The lowest BCUT2D eigenvalue weighted by molar-refractivity contribution is 0.188. The van der Waals surface area contributed by atoms with E-state index in [0.717, 1.165) is 12.0 Å². The molecule has 0 fully saturated rings. The summed E-state index contributed by atoms with van der Waals surface area (Å²) in [5, 5.41) is 0. The first-order valence-electron chi connectivity index (χ1n) is 8.05. The number of fused-ring (bicyclic) bond motifs is 1. The number of hydrogen-bond acceptors (Lipinski definition) is 1. The van der Waals surface area contributed by atoms with Gasteiger partial charge in [-0.05, 0) is 55.8 Å². The van der Waals surface area contributed by atoms with E-state index in [-0.39, 0.29) is 0 Å². The lowest BCUT2D eigenvalue weighted by atomic mass is 10.0. The van der Waals surface area contributed by atoms with E-state index in [1.54, 1.807) is 11.1 Å². The van der Waals surface area contributed by atoms with Crippen molar-refractivity contribution >= 4 is 0 Å². The average molecular weight is 259 g/mol. The van der Waals surface area contributed by atoms with E-state index in [1.807, 2.05) is 0 Å². The molecule has 1 atom stereocenters. The summed E-state index contributed by atoms with van der Waals surface area (Å²) in [6.07, 6.45) is 6.45. The maximum Gasteiger partial charge on any atom is 0.0176 e. The first-order valence-corrected chi connectivity index (χ1v) is 8.05.